The second-order valence-electron chi connectivity index (χ2n) is 8.41. The SMILES string of the molecule is CCCCN(CC(=O)Nc1cc(-c2ccccc2)nn1-c1ccccc1)C(=O)Nc1ccc(F)c(F)c1. The molecule has 0 fully saturated rings. The summed E-state index contributed by atoms with van der Waals surface area (Å²) >= 11 is 0. The van der Waals surface area contributed by atoms with Crippen molar-refractivity contribution in [2.45, 2.75) is 19.8 Å². The second kappa shape index (κ2) is 11.9. The van der Waals surface area contributed by atoms with E-state index in [1.54, 1.807) is 10.7 Å². The third-order valence-electron chi connectivity index (χ3n) is 5.62. The predicted molar refractivity (Wildman–Crippen MR) is 139 cm³/mol. The molecular weight excluding hydrogens is 476 g/mol. The van der Waals surface area contributed by atoms with E-state index in [0.717, 1.165) is 29.8 Å². The Hall–Kier alpha value is -4.53. The number of anilines is 2. The summed E-state index contributed by atoms with van der Waals surface area (Å²) in [5.41, 5.74) is 2.43. The molecule has 9 heteroatoms. The zero-order valence-electron chi connectivity index (χ0n) is 20.3. The monoisotopic (exact) mass is 503 g/mol. The largest absolute Gasteiger partial charge is 0.322 e. The third kappa shape index (κ3) is 6.58. The van der Waals surface area contributed by atoms with Gasteiger partial charge in [-0.05, 0) is 30.7 Å². The molecule has 190 valence electrons. The van der Waals surface area contributed by atoms with E-state index in [1.165, 1.54) is 11.0 Å². The van der Waals surface area contributed by atoms with Crippen molar-refractivity contribution in [1.29, 1.82) is 0 Å². The first-order valence-corrected chi connectivity index (χ1v) is 12.0. The molecule has 0 radical (unpaired) electrons. The lowest BCUT2D eigenvalue weighted by molar-refractivity contribution is -0.116. The van der Waals surface area contributed by atoms with E-state index in [9.17, 15) is 18.4 Å². The van der Waals surface area contributed by atoms with Gasteiger partial charge in [-0.1, -0.05) is 61.9 Å². The normalized spacial score (nSPS) is 10.7. The van der Waals surface area contributed by atoms with Gasteiger partial charge in [0.15, 0.2) is 11.6 Å². The number of amides is 3. The van der Waals surface area contributed by atoms with E-state index in [0.29, 0.717) is 24.5 Å². The first-order valence-electron chi connectivity index (χ1n) is 12.0. The fourth-order valence-corrected chi connectivity index (χ4v) is 3.72. The molecule has 4 rings (SSSR count). The maximum atomic E-state index is 13.6. The number of halogens is 2. The van der Waals surface area contributed by atoms with Crippen molar-refractivity contribution in [3.63, 3.8) is 0 Å². The summed E-state index contributed by atoms with van der Waals surface area (Å²) in [6, 6.07) is 23.3. The molecule has 7 nitrogen and oxygen atoms in total. The zero-order valence-corrected chi connectivity index (χ0v) is 20.3. The molecular formula is C28H27F2N5O2. The van der Waals surface area contributed by atoms with Crippen LogP contribution in [0.5, 0.6) is 0 Å². The van der Waals surface area contributed by atoms with Gasteiger partial charge in [0.1, 0.15) is 12.4 Å². The van der Waals surface area contributed by atoms with Gasteiger partial charge in [0.25, 0.3) is 0 Å². The van der Waals surface area contributed by atoms with Crippen LogP contribution >= 0.6 is 0 Å². The highest BCUT2D eigenvalue weighted by Gasteiger charge is 2.20. The van der Waals surface area contributed by atoms with Gasteiger partial charge in [-0.25, -0.2) is 18.3 Å². The number of urea groups is 1. The van der Waals surface area contributed by atoms with Gasteiger partial charge in [-0.3, -0.25) is 4.79 Å². The molecule has 0 atom stereocenters. The van der Waals surface area contributed by atoms with Crippen LogP contribution in [-0.4, -0.2) is 39.7 Å². The number of rotatable bonds is 9. The highest BCUT2D eigenvalue weighted by atomic mass is 19.2. The molecule has 0 aliphatic carbocycles. The molecule has 0 aliphatic rings. The third-order valence-corrected chi connectivity index (χ3v) is 5.62. The zero-order chi connectivity index (χ0) is 26.2. The van der Waals surface area contributed by atoms with Crippen molar-refractivity contribution in [3.8, 4) is 16.9 Å². The molecule has 37 heavy (non-hydrogen) atoms. The van der Waals surface area contributed by atoms with Crippen molar-refractivity contribution in [1.82, 2.24) is 14.7 Å². The quantitative estimate of drug-likeness (QED) is 0.290. The Labute approximate surface area is 213 Å². The Morgan fingerprint density at radius 3 is 2.27 bits per heavy atom. The molecule has 0 unspecified atom stereocenters. The fourth-order valence-electron chi connectivity index (χ4n) is 3.72. The van der Waals surface area contributed by atoms with Crippen molar-refractivity contribution in [3.05, 3.63) is 96.6 Å². The summed E-state index contributed by atoms with van der Waals surface area (Å²) < 4.78 is 28.5. The van der Waals surface area contributed by atoms with Crippen LogP contribution in [0, 0.1) is 11.6 Å². The second-order valence-corrected chi connectivity index (χ2v) is 8.41. The van der Waals surface area contributed by atoms with Gasteiger partial charge in [-0.2, -0.15) is 5.10 Å². The number of nitrogens with one attached hydrogen (secondary N) is 2. The number of hydrogen-bond acceptors (Lipinski definition) is 3. The standard InChI is InChI=1S/C28H27F2N5O2/c1-2-3-16-34(28(37)31-21-14-15-23(29)24(30)17-21)19-27(36)32-26-18-25(20-10-6-4-7-11-20)33-35(26)22-12-8-5-9-13-22/h4-15,17-18H,2-3,16,19H2,1H3,(H,31,37)(H,32,36). The number of nitrogens with zero attached hydrogens (tertiary/aromatic N) is 3. The Bertz CT molecular complexity index is 1360. The summed E-state index contributed by atoms with van der Waals surface area (Å²) in [4.78, 5) is 27.3. The van der Waals surface area contributed by atoms with Crippen molar-refractivity contribution in [2.75, 3.05) is 23.7 Å². The van der Waals surface area contributed by atoms with Crippen LogP contribution in [0.25, 0.3) is 16.9 Å². The van der Waals surface area contributed by atoms with E-state index >= 15 is 0 Å². The first-order chi connectivity index (χ1) is 17.9. The van der Waals surface area contributed by atoms with Gasteiger partial charge < -0.3 is 15.5 Å². The smallest absolute Gasteiger partial charge is 0.315 e. The minimum Gasteiger partial charge on any atom is -0.315 e. The van der Waals surface area contributed by atoms with Crippen LogP contribution in [-0.2, 0) is 4.79 Å². The van der Waals surface area contributed by atoms with E-state index in [4.69, 9.17) is 0 Å². The van der Waals surface area contributed by atoms with Crippen LogP contribution in [0.4, 0.5) is 25.1 Å². The van der Waals surface area contributed by atoms with Crippen LogP contribution < -0.4 is 10.6 Å². The number of unbranched alkanes of at least 4 members (excludes halogenated alkanes) is 1. The van der Waals surface area contributed by atoms with Crippen molar-refractivity contribution < 1.29 is 18.4 Å². The van der Waals surface area contributed by atoms with E-state index < -0.39 is 23.6 Å². The van der Waals surface area contributed by atoms with Gasteiger partial charge in [0.2, 0.25) is 5.91 Å². The average molecular weight is 504 g/mol. The van der Waals surface area contributed by atoms with Gasteiger partial charge in [0.05, 0.1) is 11.4 Å². The number of carbonyl (C=O) groups is 2. The summed E-state index contributed by atoms with van der Waals surface area (Å²) in [7, 11) is 0. The number of carbonyl (C=O) groups excluding carboxylic acids is 2. The summed E-state index contributed by atoms with van der Waals surface area (Å²) in [6.07, 6.45) is 1.47. The maximum Gasteiger partial charge on any atom is 0.322 e. The molecule has 3 amide bonds. The number of hydrogen-bond donors (Lipinski definition) is 2. The number of para-hydroxylation sites is 1. The molecule has 3 aromatic carbocycles. The van der Waals surface area contributed by atoms with Crippen molar-refractivity contribution >= 4 is 23.4 Å². The fraction of sp³-hybridized carbons (Fsp3) is 0.179. The minimum absolute atomic E-state index is 0.0977. The molecule has 0 spiro atoms. The minimum atomic E-state index is -1.07. The van der Waals surface area contributed by atoms with Crippen LogP contribution in [0.1, 0.15) is 19.8 Å². The summed E-state index contributed by atoms with van der Waals surface area (Å²) in [5.74, 6) is -2.05. The molecule has 1 aromatic heterocycles. The van der Waals surface area contributed by atoms with Crippen molar-refractivity contribution in [2.24, 2.45) is 0 Å². The lowest BCUT2D eigenvalue weighted by Crippen LogP contribution is -2.41. The predicted octanol–water partition coefficient (Wildman–Crippen LogP) is 6.09. The molecule has 2 N–H and O–H groups in total. The first kappa shape index (κ1) is 25.6. The van der Waals surface area contributed by atoms with E-state index in [1.807, 2.05) is 67.6 Å². The van der Waals surface area contributed by atoms with E-state index in [-0.39, 0.29) is 12.2 Å². The van der Waals surface area contributed by atoms with Gasteiger partial charge in [0, 0.05) is 29.9 Å². The Morgan fingerprint density at radius 1 is 0.892 bits per heavy atom. The molecule has 4 aromatic rings. The van der Waals surface area contributed by atoms with Gasteiger partial charge in [-0.15, -0.1) is 0 Å². The highest BCUT2D eigenvalue weighted by Crippen LogP contribution is 2.25. The molecule has 0 bridgehead atoms. The maximum absolute atomic E-state index is 13.6. The van der Waals surface area contributed by atoms with E-state index in [2.05, 4.69) is 15.7 Å². The molecule has 0 saturated heterocycles. The Balaban J connectivity index is 1.53. The topological polar surface area (TPSA) is 79.3 Å². The van der Waals surface area contributed by atoms with Gasteiger partial charge >= 0.3 is 6.03 Å². The lowest BCUT2D eigenvalue weighted by atomic mass is 10.1. The van der Waals surface area contributed by atoms with Crippen LogP contribution in [0.15, 0.2) is 84.9 Å². The van der Waals surface area contributed by atoms with Crippen LogP contribution in [0.3, 0.4) is 0 Å². The number of aromatic nitrogens is 2. The Kier molecular flexibility index (Phi) is 8.25. The lowest BCUT2D eigenvalue weighted by Gasteiger charge is -2.22. The summed E-state index contributed by atoms with van der Waals surface area (Å²) in [6.45, 7) is 2.04. The average Bonchev–Trinajstić information content (AvgIpc) is 3.33. The molecule has 0 saturated carbocycles. The molecule has 1 heterocycles. The summed E-state index contributed by atoms with van der Waals surface area (Å²) in [5, 5.41) is 10.1. The highest BCUT2D eigenvalue weighted by molar-refractivity contribution is 5.97. The van der Waals surface area contributed by atoms with Crippen LogP contribution in [0.2, 0.25) is 0 Å². The number of benzene rings is 3. The molecule has 0 aliphatic heterocycles. The Morgan fingerprint density at radius 2 is 1.59 bits per heavy atom.